The normalized spacial score (nSPS) is 14.1. The Kier molecular flexibility index (Phi) is 54.1. The molecule has 73 heavy (non-hydrogen) atoms. The quantitative estimate of drug-likeness (QED) is 0.0272. The molecule has 0 aromatic heterocycles. The van der Waals surface area contributed by atoms with Gasteiger partial charge in [-0.15, -0.1) is 0 Å². The zero-order chi connectivity index (χ0) is 53.5. The maximum atomic E-state index is 12.9. The second kappa shape index (κ2) is 55.2. The summed E-state index contributed by atoms with van der Waals surface area (Å²) >= 11 is 0. The highest BCUT2D eigenvalue weighted by molar-refractivity contribution is 7.45. The number of aliphatic hydroxyl groups excluding tert-OH is 1. The number of likely N-dealkylation sites (N-methyl/N-ethyl adjacent to an activating group) is 1. The summed E-state index contributed by atoms with van der Waals surface area (Å²) in [5, 5.41) is 13.8. The number of hydrogen-bond acceptors (Lipinski definition) is 6. The minimum absolute atomic E-state index is 0.000338. The molecule has 0 aliphatic heterocycles. The van der Waals surface area contributed by atoms with E-state index in [2.05, 4.69) is 55.6 Å². The fourth-order valence-corrected chi connectivity index (χ4v) is 10.1. The van der Waals surface area contributed by atoms with Crippen LogP contribution in [0.1, 0.15) is 303 Å². The third-order valence-electron chi connectivity index (χ3n) is 14.3. The molecular weight excluding hydrogens is 924 g/mol. The van der Waals surface area contributed by atoms with Crippen LogP contribution in [0.3, 0.4) is 0 Å². The molecule has 2 N–H and O–H groups in total. The number of hydrogen-bond donors (Lipinski definition) is 2. The standard InChI is InChI=1S/C64H123N2O6P/c1-6-8-10-12-14-16-18-20-21-22-23-24-25-26-27-28-29-30-31-32-33-34-35-36-37-38-39-40-41-42-43-44-45-46-48-50-52-54-56-58-64(68)65-62(61-72-73(69,70)71-60-59-66(3,4)5)63(67)57-55-53-51-49-47-19-17-15-13-11-9-7-2/h18,20,22-23,25-26,55,57,62-63,67H,6-17,19,21,24,27-54,56,58-61H2,1-5H3,(H-,65,68,69,70)/b20-18-,23-22-,26-25-,57-55+. The van der Waals surface area contributed by atoms with Crippen molar-refractivity contribution in [1.82, 2.24) is 5.32 Å². The van der Waals surface area contributed by atoms with Crippen molar-refractivity contribution >= 4 is 13.7 Å². The van der Waals surface area contributed by atoms with Crippen LogP contribution in [0.2, 0.25) is 0 Å². The maximum absolute atomic E-state index is 12.9. The molecule has 0 aromatic rings. The van der Waals surface area contributed by atoms with Crippen LogP contribution in [0.25, 0.3) is 0 Å². The summed E-state index contributed by atoms with van der Waals surface area (Å²) in [7, 11) is 1.27. The molecule has 1 amide bonds. The van der Waals surface area contributed by atoms with Gasteiger partial charge in [0.25, 0.3) is 7.82 Å². The summed E-state index contributed by atoms with van der Waals surface area (Å²) in [4.78, 5) is 25.4. The Bertz CT molecular complexity index is 1330. The summed E-state index contributed by atoms with van der Waals surface area (Å²) in [6.07, 6.45) is 73.7. The number of amides is 1. The van der Waals surface area contributed by atoms with Crippen molar-refractivity contribution in [2.75, 3.05) is 40.9 Å². The summed E-state index contributed by atoms with van der Waals surface area (Å²) < 4.78 is 23.3. The zero-order valence-corrected chi connectivity index (χ0v) is 50.0. The molecule has 0 aromatic carbocycles. The minimum atomic E-state index is -4.59. The highest BCUT2D eigenvalue weighted by Crippen LogP contribution is 2.38. The second-order valence-electron chi connectivity index (χ2n) is 22.8. The molecule has 0 aliphatic carbocycles. The van der Waals surface area contributed by atoms with E-state index in [1.54, 1.807) is 6.08 Å². The molecule has 0 heterocycles. The predicted octanol–water partition coefficient (Wildman–Crippen LogP) is 18.9. The highest BCUT2D eigenvalue weighted by Gasteiger charge is 2.23. The molecular formula is C64H123N2O6P. The fourth-order valence-electron chi connectivity index (χ4n) is 9.34. The van der Waals surface area contributed by atoms with Gasteiger partial charge >= 0.3 is 0 Å². The van der Waals surface area contributed by atoms with E-state index in [9.17, 15) is 19.4 Å². The molecule has 0 rings (SSSR count). The number of allylic oxidation sites excluding steroid dienone is 7. The average Bonchev–Trinajstić information content (AvgIpc) is 3.35. The lowest BCUT2D eigenvalue weighted by Crippen LogP contribution is -2.45. The number of unbranched alkanes of at least 4 members (excludes halogenated alkanes) is 39. The van der Waals surface area contributed by atoms with E-state index in [4.69, 9.17) is 9.05 Å². The largest absolute Gasteiger partial charge is 0.756 e. The summed E-state index contributed by atoms with van der Waals surface area (Å²) in [6.45, 7) is 4.65. The van der Waals surface area contributed by atoms with Crippen LogP contribution in [-0.2, 0) is 18.4 Å². The van der Waals surface area contributed by atoms with Gasteiger partial charge in [0.2, 0.25) is 5.91 Å². The number of phosphoric ester groups is 1. The number of phosphoric acid groups is 1. The topological polar surface area (TPSA) is 108 Å². The summed E-state index contributed by atoms with van der Waals surface area (Å²) in [5.41, 5.74) is 0. The van der Waals surface area contributed by atoms with Gasteiger partial charge in [0.1, 0.15) is 13.2 Å². The van der Waals surface area contributed by atoms with Gasteiger partial charge in [-0.1, -0.05) is 287 Å². The number of quaternary nitrogens is 1. The lowest BCUT2D eigenvalue weighted by Gasteiger charge is -2.29. The molecule has 3 atom stereocenters. The van der Waals surface area contributed by atoms with Crippen molar-refractivity contribution in [1.29, 1.82) is 0 Å². The molecule has 9 heteroatoms. The van der Waals surface area contributed by atoms with Gasteiger partial charge in [-0.25, -0.2) is 0 Å². The Labute approximate surface area is 454 Å². The van der Waals surface area contributed by atoms with Crippen LogP contribution in [0, 0.1) is 0 Å². The van der Waals surface area contributed by atoms with E-state index >= 15 is 0 Å². The van der Waals surface area contributed by atoms with Crippen molar-refractivity contribution < 1.29 is 32.9 Å². The third kappa shape index (κ3) is 58.0. The molecule has 0 spiro atoms. The molecule has 0 fully saturated rings. The summed E-state index contributed by atoms with van der Waals surface area (Å²) in [5.74, 6) is -0.194. The minimum Gasteiger partial charge on any atom is -0.756 e. The predicted molar refractivity (Wildman–Crippen MR) is 316 cm³/mol. The van der Waals surface area contributed by atoms with E-state index in [1.807, 2.05) is 27.2 Å². The smallest absolute Gasteiger partial charge is 0.268 e. The first kappa shape index (κ1) is 71.5. The monoisotopic (exact) mass is 1050 g/mol. The van der Waals surface area contributed by atoms with Gasteiger partial charge in [-0.05, 0) is 57.8 Å². The molecule has 3 unspecified atom stereocenters. The number of rotatable bonds is 58. The lowest BCUT2D eigenvalue weighted by atomic mass is 10.0. The third-order valence-corrected chi connectivity index (χ3v) is 15.2. The van der Waals surface area contributed by atoms with Crippen molar-refractivity contribution in [3.05, 3.63) is 48.6 Å². The average molecular weight is 1050 g/mol. The number of carbonyl (C=O) groups is 1. The van der Waals surface area contributed by atoms with Crippen molar-refractivity contribution in [3.8, 4) is 0 Å². The van der Waals surface area contributed by atoms with Gasteiger partial charge in [-0.3, -0.25) is 9.36 Å². The number of aliphatic hydroxyl groups is 1. The van der Waals surface area contributed by atoms with Crippen LogP contribution in [-0.4, -0.2) is 68.5 Å². The van der Waals surface area contributed by atoms with E-state index in [1.165, 1.54) is 231 Å². The summed E-state index contributed by atoms with van der Waals surface area (Å²) in [6, 6.07) is -0.884. The van der Waals surface area contributed by atoms with Crippen molar-refractivity contribution in [2.24, 2.45) is 0 Å². The first-order valence-electron chi connectivity index (χ1n) is 31.5. The Balaban J connectivity index is 3.86. The van der Waals surface area contributed by atoms with Crippen LogP contribution in [0.4, 0.5) is 0 Å². The Morgan fingerprint density at radius 1 is 0.479 bits per heavy atom. The van der Waals surface area contributed by atoms with Gasteiger partial charge < -0.3 is 28.8 Å². The van der Waals surface area contributed by atoms with Crippen LogP contribution < -0.4 is 10.2 Å². The van der Waals surface area contributed by atoms with Gasteiger partial charge in [0, 0.05) is 6.42 Å². The highest BCUT2D eigenvalue weighted by atomic mass is 31.2. The molecule has 0 saturated carbocycles. The molecule has 0 radical (unpaired) electrons. The van der Waals surface area contributed by atoms with E-state index < -0.39 is 20.0 Å². The molecule has 0 bridgehead atoms. The number of nitrogens with one attached hydrogen (secondary N) is 1. The van der Waals surface area contributed by atoms with E-state index in [0.29, 0.717) is 17.4 Å². The van der Waals surface area contributed by atoms with Crippen molar-refractivity contribution in [3.63, 3.8) is 0 Å². The molecule has 0 saturated heterocycles. The van der Waals surface area contributed by atoms with Crippen LogP contribution in [0.15, 0.2) is 48.6 Å². The molecule has 8 nitrogen and oxygen atoms in total. The Morgan fingerprint density at radius 2 is 0.795 bits per heavy atom. The van der Waals surface area contributed by atoms with Gasteiger partial charge in [-0.2, -0.15) is 0 Å². The van der Waals surface area contributed by atoms with Gasteiger partial charge in [0.05, 0.1) is 39.9 Å². The van der Waals surface area contributed by atoms with E-state index in [0.717, 1.165) is 51.4 Å². The lowest BCUT2D eigenvalue weighted by molar-refractivity contribution is -0.870. The Morgan fingerprint density at radius 3 is 1.15 bits per heavy atom. The molecule has 0 aliphatic rings. The zero-order valence-electron chi connectivity index (χ0n) is 49.1. The molecule has 430 valence electrons. The first-order valence-corrected chi connectivity index (χ1v) is 33.0. The Hall–Kier alpha value is -1.54. The number of carbonyl (C=O) groups excluding carboxylic acids is 1. The van der Waals surface area contributed by atoms with E-state index in [-0.39, 0.29) is 19.1 Å². The fraction of sp³-hybridized carbons (Fsp3) is 0.859. The SMILES string of the molecule is CCCCCCC/C=C\C/C=C\C/C=C\CCCCCCCCCCCCCCCCCCCCCCCCCCC(=O)NC(COP(=O)([O-])OCC[N+](C)(C)C)C(O)/C=C/CCCCCCCCCCCC. The first-order chi connectivity index (χ1) is 35.5. The second-order valence-corrected chi connectivity index (χ2v) is 24.2. The van der Waals surface area contributed by atoms with Crippen LogP contribution >= 0.6 is 7.82 Å². The number of nitrogens with zero attached hydrogens (tertiary/aromatic N) is 1. The van der Waals surface area contributed by atoms with Crippen molar-refractivity contribution in [2.45, 2.75) is 315 Å². The van der Waals surface area contributed by atoms with Crippen LogP contribution in [0.5, 0.6) is 0 Å². The van der Waals surface area contributed by atoms with Gasteiger partial charge in [0.15, 0.2) is 0 Å². The maximum Gasteiger partial charge on any atom is 0.268 e.